The number of carbonyl (C=O) groups excluding carboxylic acids is 1. The standard InChI is InChI=1S/C22H27N5O/c1-16(2)11-20-15-27(25-24-20)14-17-5-4-10-26(13-17)22(28)19-7-8-21-18(12-19)6-3-9-23-21/h3,6-9,12,15-17H,4-5,10-11,13-14H2,1-2H3/t17-/m0/s1. The zero-order valence-corrected chi connectivity index (χ0v) is 16.6. The van der Waals surface area contributed by atoms with Crippen LogP contribution in [0.1, 0.15) is 42.7 Å². The first-order chi connectivity index (χ1) is 13.6. The highest BCUT2D eigenvalue weighted by atomic mass is 16.2. The van der Waals surface area contributed by atoms with Crippen molar-refractivity contribution < 1.29 is 4.79 Å². The molecule has 0 aliphatic carbocycles. The SMILES string of the molecule is CC(C)Cc1cn(C[C@H]2CCCN(C(=O)c3ccc4ncccc4c3)C2)nn1. The molecule has 2 aromatic heterocycles. The van der Waals surface area contributed by atoms with Crippen LogP contribution in [0.15, 0.2) is 42.7 Å². The molecule has 0 N–H and O–H groups in total. The predicted molar refractivity (Wildman–Crippen MR) is 109 cm³/mol. The third-order valence-corrected chi connectivity index (χ3v) is 5.30. The highest BCUT2D eigenvalue weighted by Crippen LogP contribution is 2.22. The lowest BCUT2D eigenvalue weighted by atomic mass is 9.97. The van der Waals surface area contributed by atoms with Crippen molar-refractivity contribution in [3.05, 3.63) is 54.0 Å². The van der Waals surface area contributed by atoms with Gasteiger partial charge in [0, 0.05) is 43.0 Å². The lowest BCUT2D eigenvalue weighted by molar-refractivity contribution is 0.0659. The minimum atomic E-state index is 0.106. The summed E-state index contributed by atoms with van der Waals surface area (Å²) in [5.41, 5.74) is 2.70. The van der Waals surface area contributed by atoms with Crippen LogP contribution in [0, 0.1) is 11.8 Å². The number of likely N-dealkylation sites (tertiary alicyclic amines) is 1. The number of amides is 1. The van der Waals surface area contributed by atoms with Gasteiger partial charge in [-0.25, -0.2) is 0 Å². The summed E-state index contributed by atoms with van der Waals surface area (Å²) in [6.45, 7) is 6.77. The summed E-state index contributed by atoms with van der Waals surface area (Å²) in [5, 5.41) is 9.56. The number of aromatic nitrogens is 4. The second kappa shape index (κ2) is 8.09. The van der Waals surface area contributed by atoms with Gasteiger partial charge in [-0.05, 0) is 55.4 Å². The number of nitrogens with zero attached hydrogens (tertiary/aromatic N) is 5. The molecule has 4 rings (SSSR count). The molecule has 0 bridgehead atoms. The molecule has 0 unspecified atom stereocenters. The van der Waals surface area contributed by atoms with E-state index in [2.05, 4.69) is 35.3 Å². The number of rotatable bonds is 5. The van der Waals surface area contributed by atoms with Gasteiger partial charge < -0.3 is 4.90 Å². The van der Waals surface area contributed by atoms with Gasteiger partial charge >= 0.3 is 0 Å². The van der Waals surface area contributed by atoms with Crippen LogP contribution >= 0.6 is 0 Å². The van der Waals surface area contributed by atoms with Gasteiger partial charge in [0.25, 0.3) is 5.91 Å². The van der Waals surface area contributed by atoms with E-state index in [9.17, 15) is 4.79 Å². The number of hydrogen-bond acceptors (Lipinski definition) is 4. The Morgan fingerprint density at radius 2 is 2.18 bits per heavy atom. The molecule has 1 amide bonds. The third-order valence-electron chi connectivity index (χ3n) is 5.30. The molecule has 1 aliphatic rings. The van der Waals surface area contributed by atoms with Crippen LogP contribution in [-0.2, 0) is 13.0 Å². The number of benzene rings is 1. The average Bonchev–Trinajstić information content (AvgIpc) is 3.13. The highest BCUT2D eigenvalue weighted by molar-refractivity contribution is 5.98. The van der Waals surface area contributed by atoms with E-state index in [4.69, 9.17) is 0 Å². The second-order valence-corrected chi connectivity index (χ2v) is 8.20. The minimum absolute atomic E-state index is 0.106. The predicted octanol–water partition coefficient (Wildman–Crippen LogP) is 3.58. The summed E-state index contributed by atoms with van der Waals surface area (Å²) in [6.07, 6.45) is 6.92. The fourth-order valence-electron chi connectivity index (χ4n) is 3.99. The Labute approximate surface area is 165 Å². The summed E-state index contributed by atoms with van der Waals surface area (Å²) < 4.78 is 1.94. The van der Waals surface area contributed by atoms with Crippen molar-refractivity contribution >= 4 is 16.8 Å². The number of fused-ring (bicyclic) bond motifs is 1. The van der Waals surface area contributed by atoms with Gasteiger partial charge in [-0.3, -0.25) is 14.5 Å². The minimum Gasteiger partial charge on any atom is -0.338 e. The number of pyridine rings is 1. The van der Waals surface area contributed by atoms with E-state index in [0.29, 0.717) is 11.8 Å². The second-order valence-electron chi connectivity index (χ2n) is 8.20. The Morgan fingerprint density at radius 3 is 3.04 bits per heavy atom. The first kappa shape index (κ1) is 18.6. The summed E-state index contributed by atoms with van der Waals surface area (Å²) in [6, 6.07) is 9.66. The van der Waals surface area contributed by atoms with Crippen LogP contribution in [0.2, 0.25) is 0 Å². The molecule has 6 nitrogen and oxygen atoms in total. The quantitative estimate of drug-likeness (QED) is 0.682. The van der Waals surface area contributed by atoms with Gasteiger partial charge in [0.2, 0.25) is 0 Å². The number of carbonyl (C=O) groups is 1. The molecule has 3 aromatic rings. The summed E-state index contributed by atoms with van der Waals surface area (Å²) in [7, 11) is 0. The fraction of sp³-hybridized carbons (Fsp3) is 0.455. The number of hydrogen-bond donors (Lipinski definition) is 0. The molecule has 3 heterocycles. The van der Waals surface area contributed by atoms with Crippen molar-refractivity contribution in [1.29, 1.82) is 0 Å². The summed E-state index contributed by atoms with van der Waals surface area (Å²) in [4.78, 5) is 19.4. The summed E-state index contributed by atoms with van der Waals surface area (Å²) >= 11 is 0. The molecular weight excluding hydrogens is 350 g/mol. The lowest BCUT2D eigenvalue weighted by Crippen LogP contribution is -2.41. The maximum absolute atomic E-state index is 13.0. The zero-order valence-electron chi connectivity index (χ0n) is 16.6. The van der Waals surface area contributed by atoms with E-state index >= 15 is 0 Å². The van der Waals surface area contributed by atoms with E-state index in [1.165, 1.54) is 0 Å². The van der Waals surface area contributed by atoms with Crippen molar-refractivity contribution in [3.63, 3.8) is 0 Å². The molecule has 1 aromatic carbocycles. The van der Waals surface area contributed by atoms with E-state index in [-0.39, 0.29) is 5.91 Å². The normalized spacial score (nSPS) is 17.4. The lowest BCUT2D eigenvalue weighted by Gasteiger charge is -2.32. The molecular formula is C22H27N5O. The largest absolute Gasteiger partial charge is 0.338 e. The monoisotopic (exact) mass is 377 g/mol. The van der Waals surface area contributed by atoms with Gasteiger partial charge in [0.05, 0.1) is 11.2 Å². The first-order valence-electron chi connectivity index (χ1n) is 10.1. The Morgan fingerprint density at radius 1 is 1.29 bits per heavy atom. The molecule has 1 aliphatic heterocycles. The molecule has 28 heavy (non-hydrogen) atoms. The maximum Gasteiger partial charge on any atom is 0.253 e. The molecule has 1 saturated heterocycles. The van der Waals surface area contributed by atoms with Crippen molar-refractivity contribution in [1.82, 2.24) is 24.9 Å². The molecule has 0 radical (unpaired) electrons. The molecule has 1 atom stereocenters. The Hall–Kier alpha value is -2.76. The van der Waals surface area contributed by atoms with Crippen molar-refractivity contribution in [2.24, 2.45) is 11.8 Å². The van der Waals surface area contributed by atoms with Crippen LogP contribution in [-0.4, -0.2) is 43.9 Å². The van der Waals surface area contributed by atoms with Crippen molar-refractivity contribution in [3.8, 4) is 0 Å². The summed E-state index contributed by atoms with van der Waals surface area (Å²) in [5.74, 6) is 1.09. The molecule has 146 valence electrons. The Kier molecular flexibility index (Phi) is 5.37. The zero-order chi connectivity index (χ0) is 19.5. The van der Waals surface area contributed by atoms with E-state index < -0.39 is 0 Å². The van der Waals surface area contributed by atoms with Crippen LogP contribution < -0.4 is 0 Å². The molecule has 6 heteroatoms. The molecule has 1 fully saturated rings. The molecule has 0 spiro atoms. The Balaban J connectivity index is 1.42. The number of piperidine rings is 1. The fourth-order valence-corrected chi connectivity index (χ4v) is 3.99. The topological polar surface area (TPSA) is 63.9 Å². The smallest absolute Gasteiger partial charge is 0.253 e. The van der Waals surface area contributed by atoms with Crippen LogP contribution in [0.25, 0.3) is 10.9 Å². The highest BCUT2D eigenvalue weighted by Gasteiger charge is 2.25. The van der Waals surface area contributed by atoms with Crippen molar-refractivity contribution in [2.45, 2.75) is 39.7 Å². The van der Waals surface area contributed by atoms with Crippen LogP contribution in [0.3, 0.4) is 0 Å². The Bertz CT molecular complexity index is 964. The van der Waals surface area contributed by atoms with Crippen LogP contribution in [0.4, 0.5) is 0 Å². The van der Waals surface area contributed by atoms with E-state index in [1.54, 1.807) is 6.20 Å². The van der Waals surface area contributed by atoms with Gasteiger partial charge in [0.1, 0.15) is 0 Å². The maximum atomic E-state index is 13.0. The van der Waals surface area contributed by atoms with Gasteiger partial charge in [0.15, 0.2) is 0 Å². The average molecular weight is 377 g/mol. The van der Waals surface area contributed by atoms with E-state index in [0.717, 1.165) is 61.1 Å². The van der Waals surface area contributed by atoms with E-state index in [1.807, 2.05) is 39.9 Å². The van der Waals surface area contributed by atoms with Gasteiger partial charge in [-0.1, -0.05) is 25.1 Å². The first-order valence-corrected chi connectivity index (χ1v) is 10.1. The third kappa shape index (κ3) is 4.21. The molecule has 0 saturated carbocycles. The van der Waals surface area contributed by atoms with Gasteiger partial charge in [-0.2, -0.15) is 0 Å². The van der Waals surface area contributed by atoms with Crippen molar-refractivity contribution in [2.75, 3.05) is 13.1 Å². The van der Waals surface area contributed by atoms with Crippen LogP contribution in [0.5, 0.6) is 0 Å². The van der Waals surface area contributed by atoms with Gasteiger partial charge in [-0.15, -0.1) is 5.10 Å².